The predicted octanol–water partition coefficient (Wildman–Crippen LogP) is 5.32. The first kappa shape index (κ1) is 12.2. The lowest BCUT2D eigenvalue weighted by Crippen LogP contribution is -1.82. The molecule has 3 rings (SSSR count). The Bertz CT molecular complexity index is 761. The smallest absolute Gasteiger partial charge is 0.266 e. The summed E-state index contributed by atoms with van der Waals surface area (Å²) in [6.45, 7) is 0. The van der Waals surface area contributed by atoms with Gasteiger partial charge in [0, 0.05) is 16.1 Å². The fourth-order valence-corrected chi connectivity index (χ4v) is 2.34. The molecule has 1 aromatic heterocycles. The molecular weight excluding hydrogens is 278 g/mol. The number of rotatable bonds is 2. The third-order valence-corrected chi connectivity index (χ3v) is 3.22. The molecule has 2 nitrogen and oxygen atoms in total. The number of nitrogens with one attached hydrogen (secondary N) is 1. The quantitative estimate of drug-likeness (QED) is 0.646. The normalized spacial score (nSPS) is 10.6. The van der Waals surface area contributed by atoms with Crippen molar-refractivity contribution >= 4 is 23.8 Å². The largest absolute Gasteiger partial charge is 0.429 e. The second-order valence-electron chi connectivity index (χ2n) is 4.10. The molecule has 0 unspecified atom stereocenters. The number of aromatic amines is 1. The van der Waals surface area contributed by atoms with E-state index >= 15 is 0 Å². The molecule has 0 bridgehead atoms. The van der Waals surface area contributed by atoms with Crippen molar-refractivity contribution in [2.24, 2.45) is 0 Å². The molecule has 0 radical (unpaired) electrons. The van der Waals surface area contributed by atoms with Crippen molar-refractivity contribution < 1.29 is 4.42 Å². The van der Waals surface area contributed by atoms with Crippen LogP contribution in [-0.2, 0) is 0 Å². The Morgan fingerprint density at radius 3 is 2.42 bits per heavy atom. The van der Waals surface area contributed by atoms with Gasteiger partial charge in [-0.05, 0) is 24.4 Å². The fourth-order valence-electron chi connectivity index (χ4n) is 1.97. The molecule has 0 aliphatic carbocycles. The van der Waals surface area contributed by atoms with Gasteiger partial charge >= 0.3 is 0 Å². The number of benzene rings is 2. The van der Waals surface area contributed by atoms with E-state index in [0.717, 1.165) is 16.8 Å². The maximum Gasteiger partial charge on any atom is 0.266 e. The summed E-state index contributed by atoms with van der Waals surface area (Å²) in [5.74, 6) is 0.707. The zero-order chi connectivity index (χ0) is 13.2. The van der Waals surface area contributed by atoms with E-state index in [1.807, 2.05) is 54.6 Å². The summed E-state index contributed by atoms with van der Waals surface area (Å²) < 4.78 is 5.61. The number of H-pyrrole nitrogens is 1. The molecule has 0 aliphatic rings. The molecule has 1 N–H and O–H groups in total. The lowest BCUT2D eigenvalue weighted by atomic mass is 10.1. The monoisotopic (exact) mass is 287 g/mol. The molecule has 94 valence electrons. The van der Waals surface area contributed by atoms with E-state index in [1.54, 1.807) is 0 Å². The Balaban J connectivity index is 2.21. The highest BCUT2D eigenvalue weighted by Gasteiger charge is 2.12. The van der Waals surface area contributed by atoms with E-state index in [2.05, 4.69) is 4.98 Å². The number of aromatic nitrogens is 1. The summed E-state index contributed by atoms with van der Waals surface area (Å²) in [6.07, 6.45) is 0. The Hall–Kier alpha value is -1.84. The molecular formula is C15H10ClNOS. The van der Waals surface area contributed by atoms with Crippen LogP contribution in [0, 0.1) is 4.84 Å². The number of halogens is 1. The lowest BCUT2D eigenvalue weighted by Gasteiger charge is -2.02. The van der Waals surface area contributed by atoms with Gasteiger partial charge in [-0.25, -0.2) is 0 Å². The molecule has 0 aliphatic heterocycles. The highest BCUT2D eigenvalue weighted by Crippen LogP contribution is 2.32. The molecule has 3 aromatic rings. The summed E-state index contributed by atoms with van der Waals surface area (Å²) in [5, 5.41) is 0.666. The molecule has 0 amide bonds. The van der Waals surface area contributed by atoms with Crippen LogP contribution in [0.1, 0.15) is 0 Å². The summed E-state index contributed by atoms with van der Waals surface area (Å²) in [4.78, 5) is 3.44. The average Bonchev–Trinajstić information content (AvgIpc) is 2.82. The maximum atomic E-state index is 6.02. The van der Waals surface area contributed by atoms with Crippen LogP contribution in [0.25, 0.3) is 22.6 Å². The maximum absolute atomic E-state index is 6.02. The summed E-state index contributed by atoms with van der Waals surface area (Å²) in [5.41, 5.74) is 2.80. The summed E-state index contributed by atoms with van der Waals surface area (Å²) in [7, 11) is 0. The van der Waals surface area contributed by atoms with Crippen molar-refractivity contribution in [3.8, 4) is 22.6 Å². The van der Waals surface area contributed by atoms with Gasteiger partial charge in [0.25, 0.3) is 4.84 Å². The predicted molar refractivity (Wildman–Crippen MR) is 79.8 cm³/mol. The topological polar surface area (TPSA) is 28.9 Å². The zero-order valence-electron chi connectivity index (χ0n) is 9.89. The van der Waals surface area contributed by atoms with Crippen molar-refractivity contribution in [1.29, 1.82) is 0 Å². The van der Waals surface area contributed by atoms with Gasteiger partial charge in [-0.2, -0.15) is 0 Å². The number of oxazole rings is 1. The van der Waals surface area contributed by atoms with E-state index in [9.17, 15) is 0 Å². The Kier molecular flexibility index (Phi) is 3.23. The second-order valence-corrected chi connectivity index (χ2v) is 4.90. The highest BCUT2D eigenvalue weighted by atomic mass is 35.5. The van der Waals surface area contributed by atoms with Crippen molar-refractivity contribution in [1.82, 2.24) is 4.98 Å². The van der Waals surface area contributed by atoms with Crippen LogP contribution in [0.2, 0.25) is 5.02 Å². The molecule has 0 atom stereocenters. The molecule has 2 aromatic carbocycles. The van der Waals surface area contributed by atoms with Gasteiger partial charge < -0.3 is 9.40 Å². The molecule has 0 fully saturated rings. The lowest BCUT2D eigenvalue weighted by molar-refractivity contribution is 0.554. The van der Waals surface area contributed by atoms with Crippen LogP contribution < -0.4 is 0 Å². The fraction of sp³-hybridized carbons (Fsp3) is 0. The molecule has 19 heavy (non-hydrogen) atoms. The molecule has 0 saturated carbocycles. The Morgan fingerprint density at radius 1 is 0.947 bits per heavy atom. The van der Waals surface area contributed by atoms with Crippen LogP contribution in [0.3, 0.4) is 0 Å². The van der Waals surface area contributed by atoms with Crippen molar-refractivity contribution in [3.63, 3.8) is 0 Å². The van der Waals surface area contributed by atoms with Gasteiger partial charge in [-0.15, -0.1) is 0 Å². The molecule has 0 spiro atoms. The molecule has 0 saturated heterocycles. The highest BCUT2D eigenvalue weighted by molar-refractivity contribution is 7.71. The zero-order valence-corrected chi connectivity index (χ0v) is 11.5. The minimum Gasteiger partial charge on any atom is -0.429 e. The average molecular weight is 288 g/mol. The van der Waals surface area contributed by atoms with Gasteiger partial charge in [0.05, 0.1) is 5.69 Å². The second kappa shape index (κ2) is 5.03. The van der Waals surface area contributed by atoms with Crippen LogP contribution in [-0.4, -0.2) is 4.98 Å². The van der Waals surface area contributed by atoms with E-state index in [-0.39, 0.29) is 0 Å². The van der Waals surface area contributed by atoms with Crippen LogP contribution in [0.4, 0.5) is 0 Å². The minimum atomic E-state index is 0.355. The SMILES string of the molecule is S=c1[nH]c(-c2ccccc2)c(-c2cccc(Cl)c2)o1. The van der Waals surface area contributed by atoms with Crippen molar-refractivity contribution in [2.45, 2.75) is 0 Å². The van der Waals surface area contributed by atoms with Gasteiger partial charge in [0.15, 0.2) is 5.76 Å². The first-order valence-corrected chi connectivity index (χ1v) is 6.57. The Morgan fingerprint density at radius 2 is 1.68 bits per heavy atom. The van der Waals surface area contributed by atoms with E-state index in [0.29, 0.717) is 15.6 Å². The summed E-state index contributed by atoms with van der Waals surface area (Å²) in [6, 6.07) is 17.4. The first-order chi connectivity index (χ1) is 9.24. The van der Waals surface area contributed by atoms with E-state index in [4.69, 9.17) is 28.2 Å². The number of hydrogen-bond acceptors (Lipinski definition) is 2. The minimum absolute atomic E-state index is 0.355. The van der Waals surface area contributed by atoms with Crippen LogP contribution in [0.15, 0.2) is 59.0 Å². The van der Waals surface area contributed by atoms with Crippen LogP contribution in [0.5, 0.6) is 0 Å². The van der Waals surface area contributed by atoms with Gasteiger partial charge in [-0.1, -0.05) is 54.1 Å². The molecule has 1 heterocycles. The third kappa shape index (κ3) is 2.48. The number of hydrogen-bond donors (Lipinski definition) is 1. The van der Waals surface area contributed by atoms with E-state index in [1.165, 1.54) is 0 Å². The summed E-state index contributed by atoms with van der Waals surface area (Å²) >= 11 is 11.1. The van der Waals surface area contributed by atoms with Gasteiger partial charge in [0.1, 0.15) is 0 Å². The first-order valence-electron chi connectivity index (χ1n) is 5.78. The molecule has 4 heteroatoms. The third-order valence-electron chi connectivity index (χ3n) is 2.80. The standard InChI is InChI=1S/C15H10ClNOS/c16-12-8-4-7-11(9-12)14-13(17-15(19)18-14)10-5-2-1-3-6-10/h1-9H,(H,17,19). The van der Waals surface area contributed by atoms with Gasteiger partial charge in [-0.3, -0.25) is 0 Å². The van der Waals surface area contributed by atoms with Gasteiger partial charge in [0.2, 0.25) is 0 Å². The van der Waals surface area contributed by atoms with Crippen LogP contribution >= 0.6 is 23.8 Å². The Labute approximate surface area is 120 Å². The van der Waals surface area contributed by atoms with E-state index < -0.39 is 0 Å². The van der Waals surface area contributed by atoms with Crippen molar-refractivity contribution in [3.05, 3.63) is 64.5 Å². The van der Waals surface area contributed by atoms with Crippen molar-refractivity contribution in [2.75, 3.05) is 0 Å².